The van der Waals surface area contributed by atoms with Crippen molar-refractivity contribution in [3.8, 4) is 5.75 Å². The van der Waals surface area contributed by atoms with E-state index in [9.17, 15) is 9.59 Å². The molecule has 5 heteroatoms. The van der Waals surface area contributed by atoms with Gasteiger partial charge in [-0.2, -0.15) is 0 Å². The van der Waals surface area contributed by atoms with E-state index in [1.54, 1.807) is 18.1 Å². The summed E-state index contributed by atoms with van der Waals surface area (Å²) in [5.74, 6) is -0.173. The fourth-order valence-electron chi connectivity index (χ4n) is 2.67. The maximum atomic E-state index is 12.3. The lowest BCUT2D eigenvalue weighted by Crippen LogP contribution is -2.29. The third kappa shape index (κ3) is 2.41. The number of methoxy groups -OCH3 is 1. The van der Waals surface area contributed by atoms with Crippen LogP contribution in [0.25, 0.3) is 0 Å². The van der Waals surface area contributed by atoms with Crippen LogP contribution < -0.4 is 9.64 Å². The number of aryl methyl sites for hydroxylation is 1. The number of benzene rings is 2. The number of hydrogen-bond donors (Lipinski definition) is 0. The van der Waals surface area contributed by atoms with Crippen molar-refractivity contribution in [3.05, 3.63) is 57.6 Å². The molecule has 2 aromatic rings. The number of nitrogens with zero attached hydrogens (tertiary/aromatic N) is 1. The molecule has 0 saturated carbocycles. The molecule has 0 aliphatic carbocycles. The van der Waals surface area contributed by atoms with E-state index in [2.05, 4.69) is 15.9 Å². The smallest absolute Gasteiger partial charge is 0.299 e. The van der Waals surface area contributed by atoms with Gasteiger partial charge in [-0.15, -0.1) is 0 Å². The number of carbonyl (C=O) groups excluding carboxylic acids is 2. The Hall–Kier alpha value is -2.14. The topological polar surface area (TPSA) is 46.6 Å². The molecule has 1 amide bonds. The lowest BCUT2D eigenvalue weighted by atomic mass is 10.1. The van der Waals surface area contributed by atoms with E-state index in [0.29, 0.717) is 17.8 Å². The summed E-state index contributed by atoms with van der Waals surface area (Å²) >= 11 is 3.37. The van der Waals surface area contributed by atoms with Crippen molar-refractivity contribution in [1.29, 1.82) is 0 Å². The number of ketones is 1. The minimum atomic E-state index is -0.480. The van der Waals surface area contributed by atoms with Crippen molar-refractivity contribution in [1.82, 2.24) is 0 Å². The van der Waals surface area contributed by atoms with E-state index < -0.39 is 11.7 Å². The average Bonchev–Trinajstić information content (AvgIpc) is 2.73. The normalized spacial score (nSPS) is 13.5. The summed E-state index contributed by atoms with van der Waals surface area (Å²) in [6, 6.07) is 11.1. The predicted molar refractivity (Wildman–Crippen MR) is 87.4 cm³/mol. The molecule has 0 fully saturated rings. The first-order valence-corrected chi connectivity index (χ1v) is 7.60. The molecule has 1 aliphatic heterocycles. The predicted octanol–water partition coefficient (Wildman–Crippen LogP) is 3.50. The van der Waals surface area contributed by atoms with Crippen molar-refractivity contribution >= 4 is 33.3 Å². The average molecular weight is 360 g/mol. The minimum absolute atomic E-state index is 0.365. The Morgan fingerprint density at radius 2 is 1.82 bits per heavy atom. The molecule has 0 radical (unpaired) electrons. The largest absolute Gasteiger partial charge is 0.497 e. The van der Waals surface area contributed by atoms with E-state index in [1.807, 2.05) is 37.3 Å². The van der Waals surface area contributed by atoms with Gasteiger partial charge in [0.1, 0.15) is 5.75 Å². The number of hydrogen-bond acceptors (Lipinski definition) is 3. The zero-order valence-corrected chi connectivity index (χ0v) is 13.8. The molecule has 4 nitrogen and oxygen atoms in total. The van der Waals surface area contributed by atoms with Crippen LogP contribution in [-0.2, 0) is 11.3 Å². The van der Waals surface area contributed by atoms with Gasteiger partial charge in [0.25, 0.3) is 11.7 Å². The number of Topliss-reactive ketones (excluding diaryl/α,β-unsaturated/α-hetero) is 1. The van der Waals surface area contributed by atoms with Crippen LogP contribution in [0.15, 0.2) is 40.9 Å². The van der Waals surface area contributed by atoms with E-state index >= 15 is 0 Å². The highest BCUT2D eigenvalue weighted by Crippen LogP contribution is 2.36. The highest BCUT2D eigenvalue weighted by atomic mass is 79.9. The Morgan fingerprint density at radius 3 is 2.45 bits per heavy atom. The molecule has 0 unspecified atom stereocenters. The minimum Gasteiger partial charge on any atom is -0.497 e. The summed E-state index contributed by atoms with van der Waals surface area (Å²) in [4.78, 5) is 26.0. The molecule has 0 bridgehead atoms. The Labute approximate surface area is 136 Å². The molecule has 0 spiro atoms. The highest BCUT2D eigenvalue weighted by Gasteiger charge is 2.37. The lowest BCUT2D eigenvalue weighted by molar-refractivity contribution is -0.114. The number of halogens is 1. The number of amides is 1. The molecule has 112 valence electrons. The molecule has 0 saturated heterocycles. The van der Waals surface area contributed by atoms with E-state index in [4.69, 9.17) is 4.74 Å². The first kappa shape index (κ1) is 14.8. The number of anilines is 1. The van der Waals surface area contributed by atoms with Gasteiger partial charge in [-0.1, -0.05) is 28.1 Å². The van der Waals surface area contributed by atoms with Crippen LogP contribution in [-0.4, -0.2) is 18.8 Å². The molecule has 0 atom stereocenters. The van der Waals surface area contributed by atoms with Crippen molar-refractivity contribution < 1.29 is 14.3 Å². The zero-order chi connectivity index (χ0) is 15.9. The summed E-state index contributed by atoms with van der Waals surface area (Å²) in [6.07, 6.45) is 0. The van der Waals surface area contributed by atoms with Crippen LogP contribution in [0, 0.1) is 6.92 Å². The van der Waals surface area contributed by atoms with Crippen LogP contribution >= 0.6 is 15.9 Å². The maximum Gasteiger partial charge on any atom is 0.299 e. The van der Waals surface area contributed by atoms with Gasteiger partial charge < -0.3 is 9.64 Å². The van der Waals surface area contributed by atoms with Crippen molar-refractivity contribution in [2.45, 2.75) is 13.5 Å². The first-order chi connectivity index (χ1) is 10.5. The fourth-order valence-corrected chi connectivity index (χ4v) is 3.24. The third-order valence-corrected chi connectivity index (χ3v) is 4.18. The number of ether oxygens (including phenoxy) is 1. The SMILES string of the molecule is COc1ccc(CN2C(=O)C(=O)c3cc(Br)cc(C)c32)cc1. The first-order valence-electron chi connectivity index (χ1n) is 6.80. The van der Waals surface area contributed by atoms with Gasteiger partial charge in [0.2, 0.25) is 0 Å². The quantitative estimate of drug-likeness (QED) is 0.788. The van der Waals surface area contributed by atoms with Crippen LogP contribution in [0.3, 0.4) is 0 Å². The Kier molecular flexibility index (Phi) is 3.74. The molecule has 1 heterocycles. The number of fused-ring (bicyclic) bond motifs is 1. The molecular weight excluding hydrogens is 346 g/mol. The van der Waals surface area contributed by atoms with Gasteiger partial charge in [-0.05, 0) is 42.3 Å². The molecule has 1 aliphatic rings. The molecule has 3 rings (SSSR count). The second kappa shape index (κ2) is 5.57. The second-order valence-corrected chi connectivity index (χ2v) is 6.10. The molecular formula is C17H14BrNO3. The van der Waals surface area contributed by atoms with E-state index in [1.165, 1.54) is 0 Å². The summed E-state index contributed by atoms with van der Waals surface area (Å²) in [7, 11) is 1.61. The van der Waals surface area contributed by atoms with Crippen molar-refractivity contribution in [2.75, 3.05) is 12.0 Å². The molecule has 0 aromatic heterocycles. The fraction of sp³-hybridized carbons (Fsp3) is 0.176. The number of carbonyl (C=O) groups is 2. The van der Waals surface area contributed by atoms with Gasteiger partial charge >= 0.3 is 0 Å². The Bertz CT molecular complexity index is 768. The summed E-state index contributed by atoms with van der Waals surface area (Å²) < 4.78 is 5.93. The van der Waals surface area contributed by atoms with Gasteiger partial charge in [0.15, 0.2) is 0 Å². The monoisotopic (exact) mass is 359 g/mol. The second-order valence-electron chi connectivity index (χ2n) is 5.19. The molecule has 2 aromatic carbocycles. The van der Waals surface area contributed by atoms with Crippen LogP contribution in [0.1, 0.15) is 21.5 Å². The van der Waals surface area contributed by atoms with Gasteiger partial charge in [0.05, 0.1) is 24.9 Å². The van der Waals surface area contributed by atoms with Crippen LogP contribution in [0.4, 0.5) is 5.69 Å². The Balaban J connectivity index is 1.98. The molecule has 22 heavy (non-hydrogen) atoms. The maximum absolute atomic E-state index is 12.3. The summed E-state index contributed by atoms with van der Waals surface area (Å²) in [6.45, 7) is 2.26. The Morgan fingerprint density at radius 1 is 1.14 bits per heavy atom. The van der Waals surface area contributed by atoms with Gasteiger partial charge in [-0.3, -0.25) is 9.59 Å². The van der Waals surface area contributed by atoms with E-state index in [0.717, 1.165) is 21.3 Å². The van der Waals surface area contributed by atoms with Crippen molar-refractivity contribution in [2.24, 2.45) is 0 Å². The number of rotatable bonds is 3. The van der Waals surface area contributed by atoms with Crippen LogP contribution in [0.5, 0.6) is 5.75 Å². The molecule has 0 N–H and O–H groups in total. The summed E-state index contributed by atoms with van der Waals surface area (Å²) in [5, 5.41) is 0. The van der Waals surface area contributed by atoms with Crippen LogP contribution in [0.2, 0.25) is 0 Å². The lowest BCUT2D eigenvalue weighted by Gasteiger charge is -2.19. The standard InChI is InChI=1S/C17H14BrNO3/c1-10-7-12(18)8-14-15(10)19(17(21)16(14)20)9-11-3-5-13(22-2)6-4-11/h3-8H,9H2,1-2H3. The van der Waals surface area contributed by atoms with Gasteiger partial charge in [0, 0.05) is 4.47 Å². The zero-order valence-electron chi connectivity index (χ0n) is 12.2. The van der Waals surface area contributed by atoms with Crippen molar-refractivity contribution in [3.63, 3.8) is 0 Å². The third-order valence-electron chi connectivity index (χ3n) is 3.72. The van der Waals surface area contributed by atoms with E-state index in [-0.39, 0.29) is 0 Å². The van der Waals surface area contributed by atoms with Gasteiger partial charge in [-0.25, -0.2) is 0 Å². The summed E-state index contributed by atoms with van der Waals surface area (Å²) in [5.41, 5.74) is 3.01. The highest BCUT2D eigenvalue weighted by molar-refractivity contribution is 9.10.